The minimum Gasteiger partial charge on any atom is -0.496 e. The molecule has 0 saturated heterocycles. The maximum atomic E-state index is 12.5. The van der Waals surface area contributed by atoms with E-state index < -0.39 is 5.97 Å². The first-order chi connectivity index (χ1) is 10.3. The predicted octanol–water partition coefficient (Wildman–Crippen LogP) is 2.85. The molecule has 0 spiro atoms. The molecule has 1 rings (SSSR count). The quantitative estimate of drug-likeness (QED) is 0.797. The lowest BCUT2D eigenvalue weighted by Gasteiger charge is -2.24. The van der Waals surface area contributed by atoms with E-state index in [-0.39, 0.29) is 31.2 Å². The molecule has 0 bridgehead atoms. The average Bonchev–Trinajstić information content (AvgIpc) is 2.44. The van der Waals surface area contributed by atoms with Gasteiger partial charge in [0.1, 0.15) is 5.75 Å². The monoisotopic (exact) mass is 327 g/mol. The Hall–Kier alpha value is -1.75. The number of carbonyl (C=O) groups is 2. The van der Waals surface area contributed by atoms with Crippen LogP contribution in [0.25, 0.3) is 0 Å². The van der Waals surface area contributed by atoms with Gasteiger partial charge >= 0.3 is 5.97 Å². The molecule has 122 valence electrons. The molecule has 22 heavy (non-hydrogen) atoms. The molecule has 0 heterocycles. The van der Waals surface area contributed by atoms with Crippen molar-refractivity contribution >= 4 is 23.5 Å². The Morgan fingerprint density at radius 1 is 1.36 bits per heavy atom. The van der Waals surface area contributed by atoms with Gasteiger partial charge in [0.05, 0.1) is 20.0 Å². The number of halogens is 1. The Kier molecular flexibility index (Phi) is 7.18. The number of methoxy groups -OCH3 is 1. The summed E-state index contributed by atoms with van der Waals surface area (Å²) in [4.78, 5) is 24.8. The molecule has 0 aromatic heterocycles. The van der Waals surface area contributed by atoms with Crippen LogP contribution in [0, 0.1) is 5.92 Å². The molecule has 0 fully saturated rings. The Bertz CT molecular complexity index is 531. The van der Waals surface area contributed by atoms with Crippen molar-refractivity contribution in [3.8, 4) is 5.75 Å². The number of rotatable bonds is 8. The van der Waals surface area contributed by atoms with Gasteiger partial charge in [0.15, 0.2) is 0 Å². The van der Waals surface area contributed by atoms with Gasteiger partial charge < -0.3 is 14.7 Å². The summed E-state index contributed by atoms with van der Waals surface area (Å²) in [6, 6.07) is 5.21. The lowest BCUT2D eigenvalue weighted by Crippen LogP contribution is -2.37. The van der Waals surface area contributed by atoms with E-state index in [4.69, 9.17) is 21.4 Å². The summed E-state index contributed by atoms with van der Waals surface area (Å²) >= 11 is 6.15. The third-order valence-electron chi connectivity index (χ3n) is 3.16. The maximum absolute atomic E-state index is 12.5. The van der Waals surface area contributed by atoms with E-state index in [0.717, 1.165) is 0 Å². The van der Waals surface area contributed by atoms with Crippen LogP contribution in [0.2, 0.25) is 5.02 Å². The number of nitrogens with zero attached hydrogens (tertiary/aromatic N) is 1. The average molecular weight is 328 g/mol. The molecular formula is C16H22ClNO4. The van der Waals surface area contributed by atoms with Gasteiger partial charge in [-0.3, -0.25) is 9.59 Å². The van der Waals surface area contributed by atoms with E-state index in [9.17, 15) is 9.59 Å². The van der Waals surface area contributed by atoms with E-state index >= 15 is 0 Å². The Balaban J connectivity index is 2.88. The minimum absolute atomic E-state index is 0.0713. The molecule has 1 aromatic rings. The summed E-state index contributed by atoms with van der Waals surface area (Å²) in [5, 5.41) is 9.28. The fraction of sp³-hybridized carbons (Fsp3) is 0.500. The van der Waals surface area contributed by atoms with Gasteiger partial charge in [0.2, 0.25) is 5.91 Å². The normalized spacial score (nSPS) is 10.6. The highest BCUT2D eigenvalue weighted by Crippen LogP contribution is 2.27. The van der Waals surface area contributed by atoms with Crippen molar-refractivity contribution in [3.05, 3.63) is 28.8 Å². The first-order valence-electron chi connectivity index (χ1n) is 7.16. The molecule has 1 amide bonds. The van der Waals surface area contributed by atoms with Crippen LogP contribution >= 0.6 is 11.6 Å². The SMILES string of the molecule is COc1cccc(Cl)c1CC(=O)N(CCC(=O)O)CC(C)C. The maximum Gasteiger partial charge on any atom is 0.305 e. The highest BCUT2D eigenvalue weighted by Gasteiger charge is 2.19. The lowest BCUT2D eigenvalue weighted by molar-refractivity contribution is -0.138. The number of aliphatic carboxylic acids is 1. The standard InChI is InChI=1S/C16H22ClNO4/c1-11(2)10-18(8-7-16(20)21)15(19)9-12-13(17)5-4-6-14(12)22-3/h4-6,11H,7-10H2,1-3H3,(H,20,21). The van der Waals surface area contributed by atoms with Gasteiger partial charge in [-0.05, 0) is 18.1 Å². The zero-order valence-corrected chi connectivity index (χ0v) is 13.9. The van der Waals surface area contributed by atoms with Crippen LogP contribution in [0.3, 0.4) is 0 Å². The molecule has 0 atom stereocenters. The van der Waals surface area contributed by atoms with Crippen molar-refractivity contribution in [2.75, 3.05) is 20.2 Å². The summed E-state index contributed by atoms with van der Waals surface area (Å²) in [7, 11) is 1.52. The summed E-state index contributed by atoms with van der Waals surface area (Å²) in [6.07, 6.45) is 0.0211. The molecule has 0 saturated carbocycles. The third kappa shape index (κ3) is 5.56. The topological polar surface area (TPSA) is 66.8 Å². The van der Waals surface area contributed by atoms with Gasteiger partial charge in [-0.25, -0.2) is 0 Å². The summed E-state index contributed by atoms with van der Waals surface area (Å²) in [5.74, 6) is -0.257. The van der Waals surface area contributed by atoms with Crippen LogP contribution in [0.1, 0.15) is 25.8 Å². The van der Waals surface area contributed by atoms with Crippen LogP contribution in [0.15, 0.2) is 18.2 Å². The number of hydrogen-bond donors (Lipinski definition) is 1. The van der Waals surface area contributed by atoms with Crippen LogP contribution < -0.4 is 4.74 Å². The van der Waals surface area contributed by atoms with Gasteiger partial charge in [0, 0.05) is 23.7 Å². The highest BCUT2D eigenvalue weighted by atomic mass is 35.5. The number of benzene rings is 1. The van der Waals surface area contributed by atoms with Crippen LogP contribution in [0.5, 0.6) is 5.75 Å². The number of carboxylic acids is 1. The second-order valence-corrected chi connectivity index (χ2v) is 5.88. The first-order valence-corrected chi connectivity index (χ1v) is 7.53. The van der Waals surface area contributed by atoms with E-state index in [1.165, 1.54) is 7.11 Å². The van der Waals surface area contributed by atoms with Crippen molar-refractivity contribution < 1.29 is 19.4 Å². The molecule has 1 N–H and O–H groups in total. The minimum atomic E-state index is -0.920. The van der Waals surface area contributed by atoms with Crippen molar-refractivity contribution in [1.29, 1.82) is 0 Å². The van der Waals surface area contributed by atoms with E-state index in [1.807, 2.05) is 13.8 Å². The van der Waals surface area contributed by atoms with Crippen molar-refractivity contribution in [3.63, 3.8) is 0 Å². The molecule has 0 aliphatic heterocycles. The Labute approximate surface area is 135 Å². The molecule has 0 aliphatic carbocycles. The molecule has 1 aromatic carbocycles. The fourth-order valence-corrected chi connectivity index (χ4v) is 2.39. The highest BCUT2D eigenvalue weighted by molar-refractivity contribution is 6.31. The zero-order chi connectivity index (χ0) is 16.7. The number of carboxylic acid groups (broad SMARTS) is 1. The second-order valence-electron chi connectivity index (χ2n) is 5.47. The van der Waals surface area contributed by atoms with Crippen LogP contribution in [-0.4, -0.2) is 42.1 Å². The van der Waals surface area contributed by atoms with Gasteiger partial charge in [-0.2, -0.15) is 0 Å². The summed E-state index contributed by atoms with van der Waals surface area (Å²) in [6.45, 7) is 4.67. The van der Waals surface area contributed by atoms with E-state index in [2.05, 4.69) is 0 Å². The molecule has 6 heteroatoms. The number of amides is 1. The molecular weight excluding hydrogens is 306 g/mol. The Morgan fingerprint density at radius 2 is 2.05 bits per heavy atom. The van der Waals surface area contributed by atoms with Gasteiger partial charge in [0.25, 0.3) is 0 Å². The second kappa shape index (κ2) is 8.63. The van der Waals surface area contributed by atoms with Gasteiger partial charge in [-0.1, -0.05) is 31.5 Å². The van der Waals surface area contributed by atoms with E-state index in [0.29, 0.717) is 22.9 Å². The third-order valence-corrected chi connectivity index (χ3v) is 3.51. The summed E-state index contributed by atoms with van der Waals surface area (Å²) < 4.78 is 5.24. The number of hydrogen-bond acceptors (Lipinski definition) is 3. The molecule has 5 nitrogen and oxygen atoms in total. The molecule has 0 aliphatic rings. The van der Waals surface area contributed by atoms with Crippen molar-refractivity contribution in [1.82, 2.24) is 4.90 Å². The molecule has 0 radical (unpaired) electrons. The lowest BCUT2D eigenvalue weighted by atomic mass is 10.1. The van der Waals surface area contributed by atoms with Gasteiger partial charge in [-0.15, -0.1) is 0 Å². The smallest absolute Gasteiger partial charge is 0.305 e. The van der Waals surface area contributed by atoms with Crippen molar-refractivity contribution in [2.24, 2.45) is 5.92 Å². The zero-order valence-electron chi connectivity index (χ0n) is 13.1. The summed E-state index contributed by atoms with van der Waals surface area (Å²) in [5.41, 5.74) is 0.626. The first kappa shape index (κ1) is 18.3. The Morgan fingerprint density at radius 3 is 2.59 bits per heavy atom. The number of carbonyl (C=O) groups excluding carboxylic acids is 1. The van der Waals surface area contributed by atoms with Crippen LogP contribution in [-0.2, 0) is 16.0 Å². The number of ether oxygens (including phenoxy) is 1. The van der Waals surface area contributed by atoms with E-state index in [1.54, 1.807) is 23.1 Å². The van der Waals surface area contributed by atoms with Crippen molar-refractivity contribution in [2.45, 2.75) is 26.7 Å². The molecule has 0 unspecified atom stereocenters. The predicted molar refractivity (Wildman–Crippen MR) is 85.4 cm³/mol. The van der Waals surface area contributed by atoms with Crippen LogP contribution in [0.4, 0.5) is 0 Å². The largest absolute Gasteiger partial charge is 0.496 e. The fourth-order valence-electron chi connectivity index (χ4n) is 2.15.